The fourth-order valence-electron chi connectivity index (χ4n) is 4.92. The molecule has 32 heavy (non-hydrogen) atoms. The minimum absolute atomic E-state index is 0.231. The minimum atomic E-state index is 0.231. The second kappa shape index (κ2) is 7.70. The average molecular weight is 449 g/mol. The summed E-state index contributed by atoms with van der Waals surface area (Å²) in [6.07, 6.45) is 8.09. The first-order valence-corrected chi connectivity index (χ1v) is 12.0. The van der Waals surface area contributed by atoms with E-state index in [0.29, 0.717) is 47.2 Å². The van der Waals surface area contributed by atoms with Crippen LogP contribution in [0.1, 0.15) is 55.7 Å². The fraction of sp³-hybridized carbons (Fsp3) is 0.542. The summed E-state index contributed by atoms with van der Waals surface area (Å²) in [5.74, 6) is 2.31. The van der Waals surface area contributed by atoms with Crippen LogP contribution in [0, 0.1) is 23.2 Å². The molecule has 0 aromatic carbocycles. The predicted molar refractivity (Wildman–Crippen MR) is 120 cm³/mol. The van der Waals surface area contributed by atoms with E-state index < -0.39 is 0 Å². The van der Waals surface area contributed by atoms with Gasteiger partial charge in [-0.25, -0.2) is 15.0 Å². The molecule has 0 radical (unpaired) electrons. The first-order chi connectivity index (χ1) is 15.6. The third kappa shape index (κ3) is 3.71. The van der Waals surface area contributed by atoms with E-state index in [0.717, 1.165) is 49.3 Å². The van der Waals surface area contributed by atoms with Crippen LogP contribution in [0.2, 0.25) is 5.15 Å². The Bertz CT molecular complexity index is 1120. The molecule has 2 aromatic rings. The van der Waals surface area contributed by atoms with Crippen LogP contribution in [0.5, 0.6) is 0 Å². The predicted octanol–water partition coefficient (Wildman–Crippen LogP) is 3.78. The first-order valence-electron chi connectivity index (χ1n) is 11.6. The largest absolute Gasteiger partial charge is 0.352 e. The molecule has 0 N–H and O–H groups in total. The van der Waals surface area contributed by atoms with Gasteiger partial charge < -0.3 is 9.80 Å². The Morgan fingerprint density at radius 1 is 1.09 bits per heavy atom. The molecule has 7 nitrogen and oxygen atoms in total. The van der Waals surface area contributed by atoms with Crippen LogP contribution in [0.25, 0.3) is 11.3 Å². The summed E-state index contributed by atoms with van der Waals surface area (Å²) < 4.78 is 0. The van der Waals surface area contributed by atoms with E-state index in [4.69, 9.17) is 16.6 Å². The van der Waals surface area contributed by atoms with Gasteiger partial charge in [0.2, 0.25) is 5.91 Å². The van der Waals surface area contributed by atoms with Gasteiger partial charge in [-0.1, -0.05) is 11.6 Å². The molecule has 4 aliphatic rings. The number of hydrogen-bond donors (Lipinski definition) is 0. The number of hydrogen-bond acceptors (Lipinski definition) is 6. The molecule has 0 bridgehead atoms. The Morgan fingerprint density at radius 3 is 2.56 bits per heavy atom. The number of carbonyl (C=O) groups is 1. The van der Waals surface area contributed by atoms with Gasteiger partial charge in [0.05, 0.1) is 23.0 Å². The van der Waals surface area contributed by atoms with Crippen LogP contribution in [0.4, 0.5) is 5.82 Å². The number of nitrogens with zero attached hydrogens (tertiary/aromatic N) is 6. The van der Waals surface area contributed by atoms with Gasteiger partial charge in [-0.3, -0.25) is 4.79 Å². The van der Waals surface area contributed by atoms with Crippen molar-refractivity contribution in [2.24, 2.45) is 11.8 Å². The van der Waals surface area contributed by atoms with Gasteiger partial charge in [-0.05, 0) is 50.5 Å². The molecule has 8 heteroatoms. The quantitative estimate of drug-likeness (QED) is 0.647. The van der Waals surface area contributed by atoms with E-state index in [2.05, 4.69) is 25.8 Å². The number of amides is 1. The topological polar surface area (TPSA) is 86.0 Å². The Morgan fingerprint density at radius 2 is 1.91 bits per heavy atom. The van der Waals surface area contributed by atoms with Crippen molar-refractivity contribution in [1.29, 1.82) is 5.26 Å². The molecule has 3 aliphatic carbocycles. The zero-order valence-corrected chi connectivity index (χ0v) is 18.6. The van der Waals surface area contributed by atoms with Crippen molar-refractivity contribution in [2.75, 3.05) is 24.5 Å². The maximum Gasteiger partial charge on any atom is 0.226 e. The highest BCUT2D eigenvalue weighted by molar-refractivity contribution is 6.29. The fourth-order valence-corrected chi connectivity index (χ4v) is 5.07. The Balaban J connectivity index is 1.35. The molecule has 164 valence electrons. The average Bonchev–Trinajstić information content (AvgIpc) is 3.66. The normalized spacial score (nSPS) is 23.2. The summed E-state index contributed by atoms with van der Waals surface area (Å²) in [6, 6.07) is 6.25. The van der Waals surface area contributed by atoms with Gasteiger partial charge in [-0.2, -0.15) is 5.26 Å². The van der Waals surface area contributed by atoms with Gasteiger partial charge in [0.1, 0.15) is 23.4 Å². The summed E-state index contributed by atoms with van der Waals surface area (Å²) in [7, 11) is 0. The lowest BCUT2D eigenvalue weighted by Gasteiger charge is -2.43. The lowest BCUT2D eigenvalue weighted by atomic mass is 10.0. The molecule has 1 atom stereocenters. The molecular formula is C24H25ClN6O. The summed E-state index contributed by atoms with van der Waals surface area (Å²) in [6.45, 7) is 2.19. The van der Waals surface area contributed by atoms with Crippen molar-refractivity contribution >= 4 is 23.3 Å². The van der Waals surface area contributed by atoms with Crippen molar-refractivity contribution in [3.63, 3.8) is 0 Å². The molecule has 1 aliphatic heterocycles. The molecule has 1 amide bonds. The van der Waals surface area contributed by atoms with Crippen molar-refractivity contribution < 1.29 is 4.79 Å². The second-order valence-corrected chi connectivity index (χ2v) is 9.95. The summed E-state index contributed by atoms with van der Waals surface area (Å²) in [5, 5.41) is 10.4. The van der Waals surface area contributed by atoms with Crippen molar-refractivity contribution in [2.45, 2.75) is 50.5 Å². The zero-order valence-electron chi connectivity index (χ0n) is 17.9. The molecule has 0 spiro atoms. The Labute approximate surface area is 192 Å². The maximum absolute atomic E-state index is 12.9. The first kappa shape index (κ1) is 19.9. The molecule has 1 unspecified atom stereocenters. The van der Waals surface area contributed by atoms with Crippen LogP contribution >= 0.6 is 11.6 Å². The highest BCUT2D eigenvalue weighted by atomic mass is 35.5. The van der Waals surface area contributed by atoms with Gasteiger partial charge in [-0.15, -0.1) is 0 Å². The zero-order chi connectivity index (χ0) is 21.8. The van der Waals surface area contributed by atoms with E-state index in [-0.39, 0.29) is 12.0 Å². The summed E-state index contributed by atoms with van der Waals surface area (Å²) >= 11 is 6.11. The Kier molecular flexibility index (Phi) is 4.80. The van der Waals surface area contributed by atoms with Crippen LogP contribution < -0.4 is 4.90 Å². The highest BCUT2D eigenvalue weighted by Gasteiger charge is 2.45. The number of nitriles is 1. The van der Waals surface area contributed by atoms with Gasteiger partial charge in [0, 0.05) is 43.1 Å². The van der Waals surface area contributed by atoms with E-state index in [1.54, 1.807) is 6.07 Å². The van der Waals surface area contributed by atoms with Crippen molar-refractivity contribution in [3.05, 3.63) is 34.9 Å². The number of carbonyl (C=O) groups excluding carboxylic acids is 1. The lowest BCUT2D eigenvalue weighted by molar-refractivity contribution is -0.135. The van der Waals surface area contributed by atoms with Crippen molar-refractivity contribution in [1.82, 2.24) is 19.9 Å². The standard InChI is InChI=1S/C24H25ClN6O/c25-21-10-19(27-13-28-21)18-9-17(11-26)23(29-22(18)15-3-4-15)30-7-8-31(24(32)16-5-6-16)20(12-30)14-1-2-14/h9-10,13-16,20H,1-8,12H2. The van der Waals surface area contributed by atoms with E-state index in [1.165, 1.54) is 19.2 Å². The van der Waals surface area contributed by atoms with Crippen LogP contribution in [-0.2, 0) is 4.79 Å². The Hall–Kier alpha value is -2.72. The van der Waals surface area contributed by atoms with Crippen LogP contribution in [0.3, 0.4) is 0 Å². The molecule has 4 fully saturated rings. The molecule has 3 heterocycles. The highest BCUT2D eigenvalue weighted by Crippen LogP contribution is 2.45. The number of aromatic nitrogens is 3. The summed E-state index contributed by atoms with van der Waals surface area (Å²) in [5.41, 5.74) is 3.13. The van der Waals surface area contributed by atoms with E-state index in [9.17, 15) is 10.1 Å². The van der Waals surface area contributed by atoms with Crippen molar-refractivity contribution in [3.8, 4) is 17.3 Å². The lowest BCUT2D eigenvalue weighted by Crippen LogP contribution is -2.57. The monoisotopic (exact) mass is 448 g/mol. The molecule has 1 saturated heterocycles. The summed E-state index contributed by atoms with van der Waals surface area (Å²) in [4.78, 5) is 30.7. The third-order valence-electron chi connectivity index (χ3n) is 7.12. The molecule has 3 saturated carbocycles. The molecular weight excluding hydrogens is 424 g/mol. The SMILES string of the molecule is N#Cc1cc(-c2cc(Cl)ncn2)c(C2CC2)nc1N1CCN(C(=O)C2CC2)C(C2CC2)C1. The number of halogens is 1. The van der Waals surface area contributed by atoms with Crippen LogP contribution in [0.15, 0.2) is 18.5 Å². The second-order valence-electron chi connectivity index (χ2n) is 9.56. The molecule has 2 aromatic heterocycles. The minimum Gasteiger partial charge on any atom is -0.352 e. The smallest absolute Gasteiger partial charge is 0.226 e. The third-order valence-corrected chi connectivity index (χ3v) is 7.33. The van der Waals surface area contributed by atoms with E-state index >= 15 is 0 Å². The maximum atomic E-state index is 12.9. The van der Waals surface area contributed by atoms with Gasteiger partial charge >= 0.3 is 0 Å². The number of piperazine rings is 1. The number of rotatable bonds is 5. The number of pyridine rings is 1. The molecule has 6 rings (SSSR count). The number of anilines is 1. The van der Waals surface area contributed by atoms with Gasteiger partial charge in [0.25, 0.3) is 0 Å². The van der Waals surface area contributed by atoms with Crippen LogP contribution in [-0.4, -0.2) is 51.4 Å². The van der Waals surface area contributed by atoms with Gasteiger partial charge in [0.15, 0.2) is 0 Å². The van der Waals surface area contributed by atoms with E-state index in [1.807, 2.05) is 6.07 Å².